The number of rotatable bonds is 5. The molecule has 0 bridgehead atoms. The van der Waals surface area contributed by atoms with Gasteiger partial charge in [-0.25, -0.2) is 0 Å². The summed E-state index contributed by atoms with van der Waals surface area (Å²) < 4.78 is 5.22. The zero-order chi connectivity index (χ0) is 17.8. The second-order valence-corrected chi connectivity index (χ2v) is 7.12. The predicted molar refractivity (Wildman–Crippen MR) is 97.2 cm³/mol. The van der Waals surface area contributed by atoms with Crippen LogP contribution in [0.5, 0.6) is 0 Å². The molecule has 1 saturated carbocycles. The topological polar surface area (TPSA) is 62.4 Å². The number of ether oxygens (including phenoxy) is 1. The lowest BCUT2D eigenvalue weighted by Crippen LogP contribution is -2.41. The minimum atomic E-state index is -0.372. The smallest absolute Gasteiger partial charge is 0.310 e. The van der Waals surface area contributed by atoms with Crippen LogP contribution in [0.4, 0.5) is 0 Å². The Morgan fingerprint density at radius 3 is 2.68 bits per heavy atom. The van der Waals surface area contributed by atoms with Gasteiger partial charge in [-0.2, -0.15) is 0 Å². The van der Waals surface area contributed by atoms with E-state index >= 15 is 0 Å². The third-order valence-corrected chi connectivity index (χ3v) is 5.29. The lowest BCUT2D eigenvalue weighted by Gasteiger charge is -2.33. The molecule has 0 unspecified atom stereocenters. The Labute approximate surface area is 148 Å². The van der Waals surface area contributed by atoms with Crippen LogP contribution in [0.2, 0.25) is 0 Å². The molecule has 1 heterocycles. The Morgan fingerprint density at radius 1 is 1.20 bits per heavy atom. The number of likely N-dealkylation sites (N-methyl/N-ethyl adjacent to an activating group) is 1. The number of carbonyl (C=O) groups excluding carboxylic acids is 2. The third-order valence-electron chi connectivity index (χ3n) is 5.29. The first-order chi connectivity index (χ1) is 12.0. The van der Waals surface area contributed by atoms with E-state index in [4.69, 9.17) is 4.74 Å². The number of nitrogens with zero attached hydrogens (tertiary/aromatic N) is 1. The molecule has 1 N–H and O–H groups in total. The van der Waals surface area contributed by atoms with Crippen molar-refractivity contribution in [3.63, 3.8) is 0 Å². The number of amides is 1. The molecule has 0 radical (unpaired) electrons. The van der Waals surface area contributed by atoms with Crippen LogP contribution in [0, 0.1) is 5.92 Å². The lowest BCUT2D eigenvalue weighted by molar-refractivity contribution is -0.152. The Kier molecular flexibility index (Phi) is 5.41. The molecule has 134 valence electrons. The number of aromatic amines is 1. The van der Waals surface area contributed by atoms with Gasteiger partial charge in [0.1, 0.15) is 0 Å². The van der Waals surface area contributed by atoms with Gasteiger partial charge in [-0.05, 0) is 43.2 Å². The minimum Gasteiger partial charge on any atom is -0.455 e. The summed E-state index contributed by atoms with van der Waals surface area (Å²) in [6.07, 6.45) is 6.37. The number of aromatic nitrogens is 1. The fraction of sp³-hybridized carbons (Fsp3) is 0.500. The number of hydrogen-bond acceptors (Lipinski definition) is 3. The highest BCUT2D eigenvalue weighted by Gasteiger charge is 2.25. The van der Waals surface area contributed by atoms with Gasteiger partial charge in [-0.3, -0.25) is 9.59 Å². The van der Waals surface area contributed by atoms with Gasteiger partial charge >= 0.3 is 5.97 Å². The first-order valence-corrected chi connectivity index (χ1v) is 9.01. The van der Waals surface area contributed by atoms with E-state index in [1.165, 1.54) is 0 Å². The summed E-state index contributed by atoms with van der Waals surface area (Å²) in [4.78, 5) is 29.3. The van der Waals surface area contributed by atoms with Crippen LogP contribution in [-0.2, 0) is 20.7 Å². The van der Waals surface area contributed by atoms with E-state index in [1.807, 2.05) is 37.5 Å². The van der Waals surface area contributed by atoms with E-state index < -0.39 is 0 Å². The number of para-hydroxylation sites is 1. The molecule has 0 spiro atoms. The maximum atomic E-state index is 12.3. The number of fused-ring (bicyclic) bond motifs is 1. The SMILES string of the molecule is CC1CCC(N(C)C(=O)COC(=O)Cc2c[nH]c3ccccc23)CC1. The van der Waals surface area contributed by atoms with Crippen molar-refractivity contribution >= 4 is 22.8 Å². The lowest BCUT2D eigenvalue weighted by atomic mass is 9.87. The molecule has 1 aliphatic rings. The van der Waals surface area contributed by atoms with E-state index in [2.05, 4.69) is 11.9 Å². The molecule has 1 amide bonds. The van der Waals surface area contributed by atoms with Crippen molar-refractivity contribution in [1.29, 1.82) is 0 Å². The Hall–Kier alpha value is -2.30. The van der Waals surface area contributed by atoms with Gasteiger partial charge in [0, 0.05) is 30.2 Å². The number of carbonyl (C=O) groups is 2. The van der Waals surface area contributed by atoms with E-state index in [0.29, 0.717) is 0 Å². The van der Waals surface area contributed by atoms with Gasteiger partial charge in [0.15, 0.2) is 6.61 Å². The fourth-order valence-electron chi connectivity index (χ4n) is 3.56. The molecule has 3 rings (SSSR count). The van der Waals surface area contributed by atoms with Crippen molar-refractivity contribution in [3.05, 3.63) is 36.0 Å². The second kappa shape index (κ2) is 7.72. The normalized spacial score (nSPS) is 20.4. The van der Waals surface area contributed by atoms with Gasteiger partial charge < -0.3 is 14.6 Å². The van der Waals surface area contributed by atoms with Gasteiger partial charge in [-0.1, -0.05) is 25.1 Å². The van der Waals surface area contributed by atoms with Gasteiger partial charge in [-0.15, -0.1) is 0 Å². The first kappa shape index (κ1) is 17.5. The maximum Gasteiger partial charge on any atom is 0.310 e. The van der Waals surface area contributed by atoms with Crippen molar-refractivity contribution in [3.8, 4) is 0 Å². The molecule has 1 aromatic carbocycles. The van der Waals surface area contributed by atoms with E-state index in [1.54, 1.807) is 4.90 Å². The highest BCUT2D eigenvalue weighted by atomic mass is 16.5. The van der Waals surface area contributed by atoms with Gasteiger partial charge in [0.05, 0.1) is 6.42 Å². The average molecular weight is 342 g/mol. The van der Waals surface area contributed by atoms with Crippen molar-refractivity contribution in [2.24, 2.45) is 5.92 Å². The molecule has 5 nitrogen and oxygen atoms in total. The molecule has 0 saturated heterocycles. The van der Waals surface area contributed by atoms with E-state index in [-0.39, 0.29) is 30.9 Å². The average Bonchev–Trinajstić information content (AvgIpc) is 3.03. The molecule has 5 heteroatoms. The monoisotopic (exact) mass is 342 g/mol. The molecule has 1 aromatic heterocycles. The van der Waals surface area contributed by atoms with Crippen molar-refractivity contribution < 1.29 is 14.3 Å². The molecule has 2 aromatic rings. The Morgan fingerprint density at radius 2 is 1.92 bits per heavy atom. The van der Waals surface area contributed by atoms with Crippen LogP contribution in [0.3, 0.4) is 0 Å². The second-order valence-electron chi connectivity index (χ2n) is 7.12. The van der Waals surface area contributed by atoms with Crippen molar-refractivity contribution in [1.82, 2.24) is 9.88 Å². The Bertz CT molecular complexity index is 744. The quantitative estimate of drug-likeness (QED) is 0.848. The molecule has 0 atom stereocenters. The number of hydrogen-bond donors (Lipinski definition) is 1. The van der Waals surface area contributed by atoms with Crippen LogP contribution in [0.1, 0.15) is 38.2 Å². The summed E-state index contributed by atoms with van der Waals surface area (Å²) in [5.74, 6) is 0.254. The molecule has 1 fully saturated rings. The van der Waals surface area contributed by atoms with Gasteiger partial charge in [0.25, 0.3) is 5.91 Å². The molecular weight excluding hydrogens is 316 g/mol. The summed E-state index contributed by atoms with van der Waals surface area (Å²) in [5, 5.41) is 1.01. The summed E-state index contributed by atoms with van der Waals surface area (Å²) >= 11 is 0. The predicted octanol–water partition coefficient (Wildman–Crippen LogP) is 3.29. The van der Waals surface area contributed by atoms with Crippen LogP contribution in [-0.4, -0.2) is 41.5 Å². The molecule has 0 aliphatic heterocycles. The molecular formula is C20H26N2O3. The van der Waals surface area contributed by atoms with E-state index in [0.717, 1.165) is 48.1 Å². The van der Waals surface area contributed by atoms with Crippen molar-refractivity contribution in [2.45, 2.75) is 45.1 Å². The number of H-pyrrole nitrogens is 1. The summed E-state index contributed by atoms with van der Waals surface area (Å²) in [7, 11) is 1.82. The highest BCUT2D eigenvalue weighted by molar-refractivity contribution is 5.88. The third kappa shape index (κ3) is 4.21. The van der Waals surface area contributed by atoms with Crippen LogP contribution in [0.15, 0.2) is 30.5 Å². The van der Waals surface area contributed by atoms with Gasteiger partial charge in [0.2, 0.25) is 0 Å². The zero-order valence-electron chi connectivity index (χ0n) is 15.0. The molecule has 1 aliphatic carbocycles. The van der Waals surface area contributed by atoms with Crippen molar-refractivity contribution in [2.75, 3.05) is 13.7 Å². The van der Waals surface area contributed by atoms with E-state index in [9.17, 15) is 9.59 Å². The van der Waals surface area contributed by atoms with Crippen LogP contribution >= 0.6 is 0 Å². The minimum absolute atomic E-state index is 0.119. The summed E-state index contributed by atoms with van der Waals surface area (Å²) in [6, 6.07) is 8.09. The molecule has 25 heavy (non-hydrogen) atoms. The fourth-order valence-corrected chi connectivity index (χ4v) is 3.56. The summed E-state index contributed by atoms with van der Waals surface area (Å²) in [5.41, 5.74) is 1.88. The number of esters is 1. The highest BCUT2D eigenvalue weighted by Crippen LogP contribution is 2.26. The largest absolute Gasteiger partial charge is 0.455 e. The van der Waals surface area contributed by atoms with Crippen LogP contribution < -0.4 is 0 Å². The first-order valence-electron chi connectivity index (χ1n) is 9.01. The number of benzene rings is 1. The van der Waals surface area contributed by atoms with Crippen LogP contribution in [0.25, 0.3) is 10.9 Å². The standard InChI is InChI=1S/C20H26N2O3/c1-14-7-9-16(10-8-14)22(2)19(23)13-25-20(24)11-15-12-21-18-6-4-3-5-17(15)18/h3-6,12,14,16,21H,7-11,13H2,1-2H3. The maximum absolute atomic E-state index is 12.3. The zero-order valence-corrected chi connectivity index (χ0v) is 15.0. The summed E-state index contributed by atoms with van der Waals surface area (Å²) in [6.45, 7) is 2.08. The number of nitrogens with one attached hydrogen (secondary N) is 1. The Balaban J connectivity index is 1.49.